The number of rotatable bonds is 2. The van der Waals surface area contributed by atoms with E-state index in [9.17, 15) is 4.57 Å². The summed E-state index contributed by atoms with van der Waals surface area (Å²) in [5, 5.41) is 0.198. The van der Waals surface area contributed by atoms with E-state index in [2.05, 4.69) is 6.58 Å². The Morgan fingerprint density at radius 3 is 2.11 bits per heavy atom. The molecule has 0 unspecified atom stereocenters. The zero-order valence-electron chi connectivity index (χ0n) is 4.35. The number of allylic oxidation sites excluding steroid dienone is 2. The van der Waals surface area contributed by atoms with Crippen molar-refractivity contribution in [3.63, 3.8) is 0 Å². The van der Waals surface area contributed by atoms with Crippen LogP contribution in [0.3, 0.4) is 0 Å². The largest absolute Gasteiger partial charge is 0.285 e. The lowest BCUT2D eigenvalue weighted by Crippen LogP contribution is -1.56. The Morgan fingerprint density at radius 1 is 1.56 bits per heavy atom. The van der Waals surface area contributed by atoms with Crippen molar-refractivity contribution in [2.45, 2.75) is 0 Å². The van der Waals surface area contributed by atoms with Crippen molar-refractivity contribution in [3.8, 4) is 0 Å². The summed E-state index contributed by atoms with van der Waals surface area (Å²) < 4.78 is 10.5. The highest BCUT2D eigenvalue weighted by molar-refractivity contribution is 8.10. The molecule has 0 atom stereocenters. The Bertz CT molecular complexity index is 180. The van der Waals surface area contributed by atoms with E-state index in [-0.39, 0.29) is 5.03 Å². The van der Waals surface area contributed by atoms with Gasteiger partial charge >= 0.3 is 0 Å². The molecule has 0 bridgehead atoms. The Hall–Kier alpha value is 0.580. The number of hydrogen-bond donors (Lipinski definition) is 0. The first-order valence-corrected chi connectivity index (χ1v) is 5.92. The standard InChI is InChI=1S/C4H4Cl3OP/c1-2-4(5)3-9(6,7)8/h2-3H,1H2/b4-3-. The molecule has 9 heavy (non-hydrogen) atoms. The van der Waals surface area contributed by atoms with E-state index in [0.717, 1.165) is 5.82 Å². The highest BCUT2D eigenvalue weighted by Crippen LogP contribution is 2.59. The minimum atomic E-state index is -3.16. The van der Waals surface area contributed by atoms with Gasteiger partial charge in [0, 0.05) is 10.8 Å². The van der Waals surface area contributed by atoms with Crippen molar-refractivity contribution in [1.82, 2.24) is 0 Å². The van der Waals surface area contributed by atoms with Crippen molar-refractivity contribution >= 4 is 39.9 Å². The van der Waals surface area contributed by atoms with Crippen LogP contribution in [0.25, 0.3) is 0 Å². The molecule has 0 aliphatic carbocycles. The second kappa shape index (κ2) is 3.68. The van der Waals surface area contributed by atoms with Crippen molar-refractivity contribution in [2.24, 2.45) is 0 Å². The summed E-state index contributed by atoms with van der Waals surface area (Å²) in [4.78, 5) is 0. The Morgan fingerprint density at radius 2 is 2.00 bits per heavy atom. The number of halogens is 3. The van der Waals surface area contributed by atoms with E-state index in [1.54, 1.807) is 0 Å². The quantitative estimate of drug-likeness (QED) is 0.493. The molecule has 0 saturated carbocycles. The van der Waals surface area contributed by atoms with E-state index in [4.69, 9.17) is 34.1 Å². The van der Waals surface area contributed by atoms with Crippen LogP contribution >= 0.6 is 39.9 Å². The van der Waals surface area contributed by atoms with Crippen LogP contribution in [0.15, 0.2) is 23.5 Å². The van der Waals surface area contributed by atoms with E-state index in [1.807, 2.05) is 0 Å². The zero-order valence-corrected chi connectivity index (χ0v) is 7.51. The highest BCUT2D eigenvalue weighted by Gasteiger charge is 2.08. The molecule has 5 heteroatoms. The summed E-state index contributed by atoms with van der Waals surface area (Å²) in [6, 6.07) is 0. The molecule has 0 amide bonds. The zero-order chi connectivity index (χ0) is 7.49. The molecule has 0 saturated heterocycles. The first-order chi connectivity index (χ1) is 3.95. The van der Waals surface area contributed by atoms with Crippen molar-refractivity contribution < 1.29 is 4.57 Å². The molecule has 0 aromatic carbocycles. The van der Waals surface area contributed by atoms with Gasteiger partial charge in [-0.15, -0.1) is 0 Å². The highest BCUT2D eigenvalue weighted by atomic mass is 35.9. The van der Waals surface area contributed by atoms with Gasteiger partial charge in [-0.25, -0.2) is 0 Å². The molecule has 0 rings (SSSR count). The molecule has 0 aliphatic rings. The van der Waals surface area contributed by atoms with Gasteiger partial charge in [-0.05, 0) is 22.5 Å². The lowest BCUT2D eigenvalue weighted by molar-refractivity contribution is 0.597. The molecule has 52 valence electrons. The third-order valence-electron chi connectivity index (χ3n) is 0.469. The Labute approximate surface area is 68.2 Å². The molecular formula is C4H4Cl3OP. The van der Waals surface area contributed by atoms with Gasteiger partial charge in [-0.1, -0.05) is 24.3 Å². The maximum absolute atomic E-state index is 10.5. The molecule has 0 aromatic rings. The lowest BCUT2D eigenvalue weighted by Gasteiger charge is -1.90. The molecule has 0 aliphatic heterocycles. The minimum absolute atomic E-state index is 0.198. The van der Waals surface area contributed by atoms with E-state index < -0.39 is 5.85 Å². The van der Waals surface area contributed by atoms with E-state index in [0.29, 0.717) is 0 Å². The fraction of sp³-hybridized carbons (Fsp3) is 0. The SMILES string of the molecule is C=C/C(Cl)=C/P(=O)(Cl)Cl. The van der Waals surface area contributed by atoms with Crippen LogP contribution in [0.4, 0.5) is 0 Å². The average Bonchev–Trinajstić information content (AvgIpc) is 1.62. The molecule has 0 fully saturated rings. The molecule has 0 heterocycles. The smallest absolute Gasteiger partial charge is 0.276 e. The topological polar surface area (TPSA) is 17.1 Å². The maximum atomic E-state index is 10.5. The maximum Gasteiger partial charge on any atom is 0.276 e. The predicted octanol–water partition coefficient (Wildman–Crippen LogP) is 3.92. The van der Waals surface area contributed by atoms with Crippen LogP contribution in [0.1, 0.15) is 0 Å². The first kappa shape index (κ1) is 9.58. The summed E-state index contributed by atoms with van der Waals surface area (Å²) in [7, 11) is 0. The summed E-state index contributed by atoms with van der Waals surface area (Å²) in [6.45, 7) is 3.31. The van der Waals surface area contributed by atoms with Crippen molar-refractivity contribution in [2.75, 3.05) is 0 Å². The Kier molecular flexibility index (Phi) is 3.91. The van der Waals surface area contributed by atoms with Gasteiger partial charge in [0.05, 0.1) is 0 Å². The molecule has 0 radical (unpaired) electrons. The van der Waals surface area contributed by atoms with Crippen LogP contribution in [-0.2, 0) is 4.57 Å². The Balaban J connectivity index is 4.30. The second-order valence-electron chi connectivity index (χ2n) is 1.22. The fourth-order valence-corrected chi connectivity index (χ4v) is 1.93. The summed E-state index contributed by atoms with van der Waals surface area (Å²) in [5.74, 6) is -2.10. The normalized spacial score (nSPS) is 13.4. The van der Waals surface area contributed by atoms with Gasteiger partial charge in [-0.3, -0.25) is 4.57 Å². The van der Waals surface area contributed by atoms with Crippen LogP contribution in [-0.4, -0.2) is 0 Å². The van der Waals surface area contributed by atoms with Crippen LogP contribution in [0, 0.1) is 0 Å². The summed E-state index contributed by atoms with van der Waals surface area (Å²) >= 11 is 15.6. The molecule has 0 N–H and O–H groups in total. The van der Waals surface area contributed by atoms with Gasteiger partial charge in [0.15, 0.2) is 0 Å². The number of hydrogen-bond acceptors (Lipinski definition) is 1. The third kappa shape index (κ3) is 6.47. The van der Waals surface area contributed by atoms with Gasteiger partial charge < -0.3 is 0 Å². The monoisotopic (exact) mass is 204 g/mol. The summed E-state index contributed by atoms with van der Waals surface area (Å²) in [5.41, 5.74) is 0. The summed E-state index contributed by atoms with van der Waals surface area (Å²) in [6.07, 6.45) is 1.30. The van der Waals surface area contributed by atoms with Crippen molar-refractivity contribution in [3.05, 3.63) is 23.5 Å². The van der Waals surface area contributed by atoms with Crippen LogP contribution in [0.5, 0.6) is 0 Å². The molecule has 0 aromatic heterocycles. The van der Waals surface area contributed by atoms with Gasteiger partial charge in [0.25, 0.3) is 5.85 Å². The third-order valence-corrected chi connectivity index (χ3v) is 2.05. The minimum Gasteiger partial charge on any atom is -0.285 e. The molecule has 0 spiro atoms. The van der Waals surface area contributed by atoms with Gasteiger partial charge in [0.2, 0.25) is 0 Å². The lowest BCUT2D eigenvalue weighted by atomic mass is 10.6. The van der Waals surface area contributed by atoms with Crippen LogP contribution in [0.2, 0.25) is 0 Å². The first-order valence-electron chi connectivity index (χ1n) is 1.95. The molecular weight excluding hydrogens is 201 g/mol. The van der Waals surface area contributed by atoms with Crippen molar-refractivity contribution in [1.29, 1.82) is 0 Å². The van der Waals surface area contributed by atoms with E-state index >= 15 is 0 Å². The average molecular weight is 205 g/mol. The molecule has 1 nitrogen and oxygen atoms in total. The van der Waals surface area contributed by atoms with Gasteiger partial charge in [-0.2, -0.15) is 0 Å². The van der Waals surface area contributed by atoms with Crippen LogP contribution < -0.4 is 0 Å². The fourth-order valence-electron chi connectivity index (χ4n) is 0.196. The van der Waals surface area contributed by atoms with E-state index in [1.165, 1.54) is 6.08 Å². The predicted molar refractivity (Wildman–Crippen MR) is 43.4 cm³/mol. The second-order valence-corrected chi connectivity index (χ2v) is 6.45. The van der Waals surface area contributed by atoms with Gasteiger partial charge in [0.1, 0.15) is 0 Å².